The number of esters is 5. The molecular formula is C71H90F2O15S2. The summed E-state index contributed by atoms with van der Waals surface area (Å²) >= 11 is 0. The van der Waals surface area contributed by atoms with Gasteiger partial charge in [-0.3, -0.25) is 24.0 Å². The molecule has 5 aromatic rings. The Morgan fingerprint density at radius 3 is 1.50 bits per heavy atom. The lowest BCUT2D eigenvalue weighted by Gasteiger charge is -2.30. The minimum atomic E-state index is -5.86. The molecule has 90 heavy (non-hydrogen) atoms. The molecule has 15 nitrogen and oxygen atoms in total. The van der Waals surface area contributed by atoms with E-state index in [0.29, 0.717) is 32.6 Å². The molecule has 3 saturated heterocycles. The van der Waals surface area contributed by atoms with Crippen LogP contribution in [0.1, 0.15) is 151 Å². The molecule has 19 heteroatoms. The molecule has 0 amide bonds. The summed E-state index contributed by atoms with van der Waals surface area (Å²) in [4.78, 5) is 63.3. The van der Waals surface area contributed by atoms with Crippen LogP contribution in [0.3, 0.4) is 0 Å². The van der Waals surface area contributed by atoms with Gasteiger partial charge in [0.05, 0.1) is 44.6 Å². The van der Waals surface area contributed by atoms with Crippen molar-refractivity contribution in [2.45, 2.75) is 217 Å². The van der Waals surface area contributed by atoms with Crippen molar-refractivity contribution in [1.82, 2.24) is 0 Å². The first-order valence-electron chi connectivity index (χ1n) is 30.9. The summed E-state index contributed by atoms with van der Waals surface area (Å²) in [5.41, 5.74) is 2.16. The van der Waals surface area contributed by atoms with Gasteiger partial charge in [0, 0.05) is 25.7 Å². The van der Waals surface area contributed by atoms with Gasteiger partial charge in [0.15, 0.2) is 43.1 Å². The Balaban J connectivity index is 0.000000179. The van der Waals surface area contributed by atoms with Crippen LogP contribution in [0.5, 0.6) is 5.75 Å². The molecule has 0 saturated carbocycles. The Morgan fingerprint density at radius 2 is 1.04 bits per heavy atom. The van der Waals surface area contributed by atoms with Crippen molar-refractivity contribution in [3.05, 3.63) is 156 Å². The summed E-state index contributed by atoms with van der Waals surface area (Å²) in [6, 6.07) is 45.8. The van der Waals surface area contributed by atoms with Crippen molar-refractivity contribution >= 4 is 50.9 Å². The lowest BCUT2D eigenvalue weighted by Crippen LogP contribution is -2.44. The molecule has 7 atom stereocenters. The number of halogens is 2. The molecule has 7 unspecified atom stereocenters. The molecule has 1 N–H and O–H groups in total. The minimum Gasteiger partial charge on any atom is -0.743 e. The van der Waals surface area contributed by atoms with E-state index in [1.165, 1.54) is 45.2 Å². The van der Waals surface area contributed by atoms with E-state index in [0.717, 1.165) is 37.7 Å². The molecule has 3 aliphatic heterocycles. The van der Waals surface area contributed by atoms with E-state index < -0.39 is 61.3 Å². The third kappa shape index (κ3) is 17.9. The van der Waals surface area contributed by atoms with Crippen LogP contribution in [0.2, 0.25) is 0 Å². The van der Waals surface area contributed by atoms with Gasteiger partial charge in [0.2, 0.25) is 0 Å². The number of phenols is 1. The smallest absolute Gasteiger partial charge is 0.369 e. The molecule has 2 aliphatic carbocycles. The molecule has 0 radical (unpaired) electrons. The maximum Gasteiger partial charge on any atom is 0.369 e. The first-order valence-corrected chi connectivity index (χ1v) is 33.5. The summed E-state index contributed by atoms with van der Waals surface area (Å²) in [6.07, 6.45) is 2.75. The monoisotopic (exact) mass is 1280 g/mol. The maximum absolute atomic E-state index is 13.0. The van der Waals surface area contributed by atoms with Crippen molar-refractivity contribution in [2.24, 2.45) is 27.6 Å². The largest absolute Gasteiger partial charge is 0.743 e. The zero-order chi connectivity index (χ0) is 66.8. The highest BCUT2D eigenvalue weighted by molar-refractivity contribution is 7.97. The van der Waals surface area contributed by atoms with Crippen molar-refractivity contribution < 1.29 is 79.3 Å². The number of rotatable bonds is 17. The minimum absolute atomic E-state index is 0.0146. The highest BCUT2D eigenvalue weighted by Crippen LogP contribution is 2.48. The van der Waals surface area contributed by atoms with Crippen LogP contribution >= 0.6 is 0 Å². The van der Waals surface area contributed by atoms with Crippen LogP contribution in [0, 0.1) is 27.6 Å². The van der Waals surface area contributed by atoms with Gasteiger partial charge in [-0.2, -0.15) is 8.78 Å². The number of aromatic hydroxyl groups is 1. The average molecular weight is 1290 g/mol. The predicted octanol–water partition coefficient (Wildman–Crippen LogP) is 13.7. The van der Waals surface area contributed by atoms with Crippen molar-refractivity contribution in [3.8, 4) is 5.75 Å². The van der Waals surface area contributed by atoms with E-state index in [2.05, 4.69) is 108 Å². The summed E-state index contributed by atoms with van der Waals surface area (Å²) in [5, 5.41) is 4.79. The van der Waals surface area contributed by atoms with E-state index in [1.807, 2.05) is 87.4 Å². The van der Waals surface area contributed by atoms with Gasteiger partial charge in [-0.1, -0.05) is 113 Å². The second-order valence-corrected chi connectivity index (χ2v) is 29.8. The standard InChI is InChI=1S/C18H15S.C16H22O2.C15H20O3.C13H18O5.C9H16F2O5S/c1-4-10-16(11-5-1)19(17-12-6-2-7-13-17)18-14-8-3-9-15-18;1-5-15(2,3)14(17)18-16(4)10-12-8-6-7-9-13(12)11-16;1-4-15(2,3)14(17)18-13-8-10-5-6-12(16)7-11(10)9-13;1-4-13(2,3)12(15)18-9-7-5-6-8(16-7)10(9)17-11(6)14;1-5-8(3,4)7(12)16-6(2)9(10,11)17(13,14)15/h1-15H;6-9H,5,10-11H2,1-4H3;5-7,13,16H,4,8-9H2,1-3H3;6-10H,4-5H2,1-3H3;6H,5H2,1-4H3,(H,13,14,15)/q+1;;;;/p-1. The SMILES string of the molecule is CCC(C)(C)C(=O)OC(C)C(F)(F)S(=O)(=O)[O-].CCC(C)(C)C(=O)OC1(C)Cc2ccccc2C1.CCC(C)(C)C(=O)OC1C2CC3C(=O)OC1C3O2.CCC(C)(C)C(=O)OC1Cc2ccc(O)cc2C1.c1ccc([S+](c2ccccc2)c2ccccc2)cc1. The summed E-state index contributed by atoms with van der Waals surface area (Å²) in [7, 11) is -5.87. The van der Waals surface area contributed by atoms with Gasteiger partial charge in [0.25, 0.3) is 0 Å². The van der Waals surface area contributed by atoms with Crippen LogP contribution in [0.25, 0.3) is 0 Å². The van der Waals surface area contributed by atoms with Gasteiger partial charge in [0.1, 0.15) is 23.6 Å². The van der Waals surface area contributed by atoms with Crippen molar-refractivity contribution in [1.29, 1.82) is 0 Å². The molecule has 490 valence electrons. The van der Waals surface area contributed by atoms with Crippen LogP contribution in [-0.4, -0.2) is 95.4 Å². The third-order valence-electron chi connectivity index (χ3n) is 17.7. The van der Waals surface area contributed by atoms with Crippen molar-refractivity contribution in [3.63, 3.8) is 0 Å². The van der Waals surface area contributed by atoms with E-state index in [1.54, 1.807) is 19.1 Å². The molecule has 0 aromatic heterocycles. The number of benzene rings is 5. The van der Waals surface area contributed by atoms with E-state index in [-0.39, 0.29) is 70.4 Å². The quantitative estimate of drug-likeness (QED) is 0.0396. The molecular weight excluding hydrogens is 1190 g/mol. The Labute approximate surface area is 533 Å². The Hall–Kier alpha value is -6.67. The molecule has 5 aromatic carbocycles. The fourth-order valence-corrected chi connectivity index (χ4v) is 12.6. The zero-order valence-electron chi connectivity index (χ0n) is 54.3. The molecule has 3 fully saturated rings. The molecule has 10 rings (SSSR count). The number of phenolic OH excluding ortho intramolecular Hbond substituents is 1. The number of ether oxygens (including phenoxy) is 6. The van der Waals surface area contributed by atoms with Crippen molar-refractivity contribution in [2.75, 3.05) is 0 Å². The highest BCUT2D eigenvalue weighted by Gasteiger charge is 2.65. The second-order valence-electron chi connectivity index (χ2n) is 26.4. The maximum atomic E-state index is 13.0. The summed E-state index contributed by atoms with van der Waals surface area (Å²) in [6.45, 7) is 24.6. The lowest BCUT2D eigenvalue weighted by molar-refractivity contribution is -0.170. The molecule has 5 aliphatic rings. The van der Waals surface area contributed by atoms with Gasteiger partial charge < -0.3 is 38.1 Å². The van der Waals surface area contributed by atoms with Crippen LogP contribution in [0.4, 0.5) is 8.78 Å². The van der Waals surface area contributed by atoms with Crippen LogP contribution in [-0.2, 0) is 99.1 Å². The van der Waals surface area contributed by atoms with Gasteiger partial charge in [-0.05, 0) is 172 Å². The molecule has 3 heterocycles. The lowest BCUT2D eigenvalue weighted by atomic mass is 9.87. The number of hydrogen-bond acceptors (Lipinski definition) is 15. The number of hydrogen-bond donors (Lipinski definition) is 1. The highest BCUT2D eigenvalue weighted by atomic mass is 32.2. The molecule has 2 bridgehead atoms. The Kier molecular flexibility index (Phi) is 23.9. The number of carbonyl (C=O) groups is 5. The van der Waals surface area contributed by atoms with Crippen LogP contribution in [0.15, 0.2) is 148 Å². The average Bonchev–Trinajstić information content (AvgIpc) is 1.59. The summed E-state index contributed by atoms with van der Waals surface area (Å²) in [5.74, 6) is -1.52. The van der Waals surface area contributed by atoms with E-state index in [4.69, 9.17) is 23.7 Å². The Bertz CT molecular complexity index is 3250. The first kappa shape index (κ1) is 72.4. The molecule has 0 spiro atoms. The van der Waals surface area contributed by atoms with Gasteiger partial charge in [-0.15, -0.1) is 0 Å². The predicted molar refractivity (Wildman–Crippen MR) is 338 cm³/mol. The first-order chi connectivity index (χ1) is 42.0. The van der Waals surface area contributed by atoms with Gasteiger partial charge >= 0.3 is 35.1 Å². The summed E-state index contributed by atoms with van der Waals surface area (Å²) < 4.78 is 89.1. The van der Waals surface area contributed by atoms with Gasteiger partial charge in [-0.25, -0.2) is 8.42 Å². The normalized spacial score (nSPS) is 20.5. The third-order valence-corrected chi connectivity index (χ3v) is 21.0. The Morgan fingerprint density at radius 1 is 0.622 bits per heavy atom. The fraction of sp³-hybridized carbons (Fsp3) is 0.507. The number of alkyl halides is 2. The second kappa shape index (κ2) is 29.7. The van der Waals surface area contributed by atoms with E-state index in [9.17, 15) is 50.8 Å². The van der Waals surface area contributed by atoms with Crippen LogP contribution < -0.4 is 0 Å². The zero-order valence-corrected chi connectivity index (χ0v) is 56.0. The number of carbonyl (C=O) groups excluding carboxylic acids is 5. The van der Waals surface area contributed by atoms with E-state index >= 15 is 0 Å². The fourth-order valence-electron chi connectivity index (χ4n) is 10.1. The topological polar surface area (TPSA) is 218 Å². The number of fused-ring (bicyclic) bond motifs is 3.